The average molecular weight is 425 g/mol. The van der Waals surface area contributed by atoms with Crippen molar-refractivity contribution in [1.29, 1.82) is 0 Å². The van der Waals surface area contributed by atoms with Crippen LogP contribution in [0.25, 0.3) is 0 Å². The van der Waals surface area contributed by atoms with Gasteiger partial charge >= 0.3 is 5.97 Å². The predicted molar refractivity (Wildman–Crippen MR) is 129 cm³/mol. The van der Waals surface area contributed by atoms with Crippen molar-refractivity contribution in [2.24, 2.45) is 0 Å². The summed E-state index contributed by atoms with van der Waals surface area (Å²) in [6.07, 6.45) is 0.365. The minimum Gasteiger partial charge on any atom is -0.457 e. The van der Waals surface area contributed by atoms with Crippen molar-refractivity contribution in [2.75, 3.05) is 6.61 Å². The third-order valence-electron chi connectivity index (χ3n) is 6.06. The molecule has 3 nitrogen and oxygen atoms in total. The van der Waals surface area contributed by atoms with Crippen LogP contribution in [0.15, 0.2) is 48.5 Å². The molecule has 0 amide bonds. The molecule has 2 aromatic carbocycles. The molecule has 0 N–H and O–H groups in total. The van der Waals surface area contributed by atoms with Gasteiger partial charge in [-0.1, -0.05) is 83.1 Å². The molecule has 0 atom stereocenters. The molecule has 170 valence electrons. The summed E-state index contributed by atoms with van der Waals surface area (Å²) in [5.74, 6) is 0.327. The van der Waals surface area contributed by atoms with E-state index in [1.165, 1.54) is 16.7 Å². The van der Waals surface area contributed by atoms with E-state index in [9.17, 15) is 4.79 Å². The lowest BCUT2D eigenvalue weighted by Crippen LogP contribution is -2.37. The third-order valence-corrected chi connectivity index (χ3v) is 6.06. The molecule has 0 bridgehead atoms. The van der Waals surface area contributed by atoms with Crippen molar-refractivity contribution in [3.8, 4) is 0 Å². The molecular weight excluding hydrogens is 384 g/mol. The van der Waals surface area contributed by atoms with Crippen molar-refractivity contribution in [2.45, 2.75) is 91.3 Å². The number of ether oxygens (including phenoxy) is 2. The number of carbonyl (C=O) groups is 1. The number of carbonyl (C=O) groups excluding carboxylic acids is 1. The van der Waals surface area contributed by atoms with Crippen LogP contribution in [0.1, 0.15) is 96.9 Å². The van der Waals surface area contributed by atoms with Gasteiger partial charge < -0.3 is 9.47 Å². The van der Waals surface area contributed by atoms with Gasteiger partial charge in [-0.15, -0.1) is 0 Å². The molecule has 0 aromatic heterocycles. The predicted octanol–water partition coefficient (Wildman–Crippen LogP) is 7.12. The summed E-state index contributed by atoms with van der Waals surface area (Å²) in [7, 11) is 0. The van der Waals surface area contributed by atoms with Gasteiger partial charge in [0, 0.05) is 11.8 Å². The molecule has 0 fully saturated rings. The van der Waals surface area contributed by atoms with Gasteiger partial charge in [0.25, 0.3) is 0 Å². The van der Waals surface area contributed by atoms with Crippen LogP contribution >= 0.6 is 0 Å². The van der Waals surface area contributed by atoms with Crippen molar-refractivity contribution >= 4 is 5.97 Å². The van der Waals surface area contributed by atoms with E-state index >= 15 is 0 Å². The fourth-order valence-corrected chi connectivity index (χ4v) is 3.59. The van der Waals surface area contributed by atoms with Crippen LogP contribution < -0.4 is 0 Å². The molecule has 31 heavy (non-hydrogen) atoms. The van der Waals surface area contributed by atoms with Gasteiger partial charge in [0.15, 0.2) is 0 Å². The molecule has 0 spiro atoms. The van der Waals surface area contributed by atoms with Gasteiger partial charge in [0.2, 0.25) is 0 Å². The maximum absolute atomic E-state index is 11.6. The molecule has 0 unspecified atom stereocenters. The topological polar surface area (TPSA) is 35.5 Å². The molecule has 2 rings (SSSR count). The van der Waals surface area contributed by atoms with E-state index in [0.29, 0.717) is 18.9 Å². The number of benzene rings is 2. The molecular formula is C28H40O3. The Labute approximate surface area is 189 Å². The Hall–Kier alpha value is -2.13. The monoisotopic (exact) mass is 424 g/mol. The van der Waals surface area contributed by atoms with Crippen LogP contribution in [-0.2, 0) is 25.3 Å². The Kier molecular flexibility index (Phi) is 7.75. The fourth-order valence-electron chi connectivity index (χ4n) is 3.59. The molecule has 0 aliphatic carbocycles. The fraction of sp³-hybridized carbons (Fsp3) is 0.536. The van der Waals surface area contributed by atoms with Crippen molar-refractivity contribution in [1.82, 2.24) is 0 Å². The molecule has 0 saturated carbocycles. The second-order valence-corrected chi connectivity index (χ2v) is 10.4. The highest BCUT2D eigenvalue weighted by atomic mass is 16.6. The highest BCUT2D eigenvalue weighted by molar-refractivity contribution is 5.69. The summed E-state index contributed by atoms with van der Waals surface area (Å²) in [4.78, 5) is 11.6. The largest absolute Gasteiger partial charge is 0.457 e. The van der Waals surface area contributed by atoms with Gasteiger partial charge in [-0.25, -0.2) is 0 Å². The first-order chi connectivity index (χ1) is 14.3. The molecule has 0 saturated heterocycles. The maximum Gasteiger partial charge on any atom is 0.306 e. The van der Waals surface area contributed by atoms with E-state index in [2.05, 4.69) is 90.1 Å². The Morgan fingerprint density at radius 2 is 1.26 bits per heavy atom. The van der Waals surface area contributed by atoms with Gasteiger partial charge in [-0.3, -0.25) is 4.79 Å². The zero-order valence-corrected chi connectivity index (χ0v) is 20.8. The Morgan fingerprint density at radius 1 is 0.806 bits per heavy atom. The number of hydrogen-bond donors (Lipinski definition) is 0. The summed E-state index contributed by atoms with van der Waals surface area (Å²) < 4.78 is 11.7. The van der Waals surface area contributed by atoms with Gasteiger partial charge in [0.1, 0.15) is 5.60 Å². The second kappa shape index (κ2) is 9.56. The smallest absolute Gasteiger partial charge is 0.306 e. The SMILES string of the molecule is CCC(=O)OC(C)(C)COC(C)(C)c1ccc(C(C)(C)c2ccc(C(C)C)cc2)cc1. The first-order valence-electron chi connectivity index (χ1n) is 11.4. The van der Waals surface area contributed by atoms with Crippen LogP contribution in [0.2, 0.25) is 0 Å². The summed E-state index contributed by atoms with van der Waals surface area (Å²) in [5, 5.41) is 0. The van der Waals surface area contributed by atoms with Crippen molar-refractivity contribution < 1.29 is 14.3 Å². The molecule has 0 radical (unpaired) electrons. The van der Waals surface area contributed by atoms with E-state index in [-0.39, 0.29) is 11.4 Å². The van der Waals surface area contributed by atoms with Gasteiger partial charge in [0.05, 0.1) is 12.2 Å². The van der Waals surface area contributed by atoms with Crippen LogP contribution in [-0.4, -0.2) is 18.2 Å². The molecule has 3 heteroatoms. The van der Waals surface area contributed by atoms with E-state index in [1.807, 2.05) is 13.8 Å². The van der Waals surface area contributed by atoms with Crippen molar-refractivity contribution in [3.05, 3.63) is 70.8 Å². The summed E-state index contributed by atoms with van der Waals surface area (Å²) >= 11 is 0. The molecule has 0 aliphatic heterocycles. The number of hydrogen-bond acceptors (Lipinski definition) is 3. The van der Waals surface area contributed by atoms with E-state index in [0.717, 1.165) is 5.56 Å². The first-order valence-corrected chi connectivity index (χ1v) is 11.4. The van der Waals surface area contributed by atoms with Crippen molar-refractivity contribution in [3.63, 3.8) is 0 Å². The zero-order chi connectivity index (χ0) is 23.4. The Balaban J connectivity index is 2.14. The summed E-state index contributed by atoms with van der Waals surface area (Å²) in [6, 6.07) is 17.6. The Bertz CT molecular complexity index is 856. The van der Waals surface area contributed by atoms with Crippen LogP contribution in [0, 0.1) is 0 Å². The lowest BCUT2D eigenvalue weighted by Gasteiger charge is -2.33. The van der Waals surface area contributed by atoms with E-state index < -0.39 is 11.2 Å². The zero-order valence-electron chi connectivity index (χ0n) is 20.8. The van der Waals surface area contributed by atoms with Gasteiger partial charge in [-0.05, 0) is 55.9 Å². The van der Waals surface area contributed by atoms with Crippen LogP contribution in [0.5, 0.6) is 0 Å². The lowest BCUT2D eigenvalue weighted by atomic mass is 9.77. The minimum absolute atomic E-state index is 0.0879. The maximum atomic E-state index is 11.6. The highest BCUT2D eigenvalue weighted by Crippen LogP contribution is 2.34. The Morgan fingerprint density at radius 3 is 1.71 bits per heavy atom. The third kappa shape index (κ3) is 6.43. The second-order valence-electron chi connectivity index (χ2n) is 10.4. The van der Waals surface area contributed by atoms with Crippen LogP contribution in [0.4, 0.5) is 0 Å². The number of esters is 1. The van der Waals surface area contributed by atoms with Gasteiger partial charge in [-0.2, -0.15) is 0 Å². The quantitative estimate of drug-likeness (QED) is 0.402. The highest BCUT2D eigenvalue weighted by Gasteiger charge is 2.30. The average Bonchev–Trinajstić information content (AvgIpc) is 2.72. The minimum atomic E-state index is -0.658. The molecule has 2 aromatic rings. The lowest BCUT2D eigenvalue weighted by molar-refractivity contribution is -0.168. The number of rotatable bonds is 9. The standard InChI is InChI=1S/C28H40O3/c1-10-25(29)31-26(4,5)19-30-28(8,9)24-17-15-23(16-18-24)27(6,7)22-13-11-21(12-14-22)20(2)3/h11-18,20H,10,19H2,1-9H3. The normalized spacial score (nSPS) is 12.8. The van der Waals surface area contributed by atoms with E-state index in [4.69, 9.17) is 9.47 Å². The van der Waals surface area contributed by atoms with Crippen LogP contribution in [0.3, 0.4) is 0 Å². The molecule has 0 heterocycles. The van der Waals surface area contributed by atoms with E-state index in [1.54, 1.807) is 6.92 Å². The first kappa shape index (κ1) is 25.1. The summed E-state index contributed by atoms with van der Waals surface area (Å²) in [6.45, 7) is 19.0. The molecule has 0 aliphatic rings. The summed E-state index contributed by atoms with van der Waals surface area (Å²) in [5.41, 5.74) is 3.80.